The molecule has 1 heterocycles. The summed E-state index contributed by atoms with van der Waals surface area (Å²) in [7, 11) is 0. The highest BCUT2D eigenvalue weighted by atomic mass is 19.1. The first-order valence-electron chi connectivity index (χ1n) is 4.54. The predicted molar refractivity (Wildman–Crippen MR) is 54.7 cm³/mol. The summed E-state index contributed by atoms with van der Waals surface area (Å²) >= 11 is 0. The van der Waals surface area contributed by atoms with Crippen molar-refractivity contribution in [1.82, 2.24) is 9.97 Å². The Labute approximate surface area is 85.6 Å². The minimum absolute atomic E-state index is 0.0839. The number of hydrogen-bond donors (Lipinski definition) is 2. The van der Waals surface area contributed by atoms with Crippen molar-refractivity contribution < 1.29 is 9.50 Å². The Morgan fingerprint density at radius 2 is 2.13 bits per heavy atom. The number of benzene rings is 1. The van der Waals surface area contributed by atoms with E-state index in [0.717, 1.165) is 0 Å². The fourth-order valence-corrected chi connectivity index (χ4v) is 1.40. The number of para-hydroxylation sites is 1. The monoisotopic (exact) mass is 207 g/mol. The molecule has 0 spiro atoms. The smallest absolute Gasteiger partial charge is 0.149 e. The maximum atomic E-state index is 13.4. The fourth-order valence-electron chi connectivity index (χ4n) is 1.40. The molecule has 0 amide bonds. The lowest BCUT2D eigenvalue weighted by Crippen LogP contribution is -2.04. The maximum absolute atomic E-state index is 13.4. The van der Waals surface area contributed by atoms with Crippen molar-refractivity contribution in [2.75, 3.05) is 12.3 Å². The molecule has 5 heteroatoms. The van der Waals surface area contributed by atoms with E-state index in [1.165, 1.54) is 6.07 Å². The highest BCUT2D eigenvalue weighted by molar-refractivity contribution is 5.88. The van der Waals surface area contributed by atoms with Crippen molar-refractivity contribution in [3.05, 3.63) is 29.8 Å². The lowest BCUT2D eigenvalue weighted by molar-refractivity contribution is 0.297. The zero-order chi connectivity index (χ0) is 10.8. The molecule has 0 atom stereocenters. The first-order chi connectivity index (χ1) is 7.22. The summed E-state index contributed by atoms with van der Waals surface area (Å²) in [6.45, 7) is -0.0839. The van der Waals surface area contributed by atoms with Crippen LogP contribution < -0.4 is 5.73 Å². The van der Waals surface area contributed by atoms with E-state index >= 15 is 0 Å². The molecule has 2 aromatic rings. The van der Waals surface area contributed by atoms with Crippen LogP contribution in [0.4, 0.5) is 10.2 Å². The maximum Gasteiger partial charge on any atom is 0.149 e. The quantitative estimate of drug-likeness (QED) is 0.767. The van der Waals surface area contributed by atoms with E-state index in [1.54, 1.807) is 12.1 Å². The van der Waals surface area contributed by atoms with Crippen molar-refractivity contribution in [1.29, 1.82) is 0 Å². The van der Waals surface area contributed by atoms with Crippen LogP contribution in [-0.4, -0.2) is 21.7 Å². The van der Waals surface area contributed by atoms with Gasteiger partial charge in [0.2, 0.25) is 0 Å². The van der Waals surface area contributed by atoms with E-state index < -0.39 is 5.82 Å². The Morgan fingerprint density at radius 3 is 2.87 bits per heavy atom. The average Bonchev–Trinajstić information content (AvgIpc) is 2.20. The summed E-state index contributed by atoms with van der Waals surface area (Å²) in [5, 5.41) is 9.23. The van der Waals surface area contributed by atoms with Crippen LogP contribution in [-0.2, 0) is 6.42 Å². The number of nitrogen functional groups attached to an aromatic ring is 1. The number of anilines is 1. The van der Waals surface area contributed by atoms with E-state index in [4.69, 9.17) is 10.8 Å². The molecule has 0 fully saturated rings. The summed E-state index contributed by atoms with van der Waals surface area (Å²) in [5.74, 6) is 0.163. The molecule has 2 rings (SSSR count). The second kappa shape index (κ2) is 3.78. The number of hydrogen-bond acceptors (Lipinski definition) is 4. The van der Waals surface area contributed by atoms with Crippen LogP contribution in [0, 0.1) is 5.82 Å². The molecule has 0 bridgehead atoms. The third kappa shape index (κ3) is 1.73. The standard InChI is InChI=1S/C10H10FN3O/c11-7-3-1-2-6-9(7)13-8(4-5-15)14-10(6)12/h1-3,15H,4-5H2,(H2,12,13,14). The van der Waals surface area contributed by atoms with Crippen molar-refractivity contribution in [3.8, 4) is 0 Å². The first kappa shape index (κ1) is 9.79. The number of rotatable bonds is 2. The van der Waals surface area contributed by atoms with Gasteiger partial charge in [-0.3, -0.25) is 0 Å². The minimum Gasteiger partial charge on any atom is -0.396 e. The molecule has 4 nitrogen and oxygen atoms in total. The van der Waals surface area contributed by atoms with Gasteiger partial charge in [-0.2, -0.15) is 0 Å². The molecular weight excluding hydrogens is 197 g/mol. The lowest BCUT2D eigenvalue weighted by atomic mass is 10.2. The summed E-state index contributed by atoms with van der Waals surface area (Å²) < 4.78 is 13.4. The van der Waals surface area contributed by atoms with Crippen molar-refractivity contribution >= 4 is 16.7 Å². The van der Waals surface area contributed by atoms with Gasteiger partial charge in [-0.25, -0.2) is 14.4 Å². The van der Waals surface area contributed by atoms with Gasteiger partial charge in [0.1, 0.15) is 23.0 Å². The Bertz CT molecular complexity index is 501. The molecular formula is C10H10FN3O. The minimum atomic E-state index is -0.430. The molecule has 0 aliphatic heterocycles. The van der Waals surface area contributed by atoms with Gasteiger partial charge >= 0.3 is 0 Å². The van der Waals surface area contributed by atoms with Crippen LogP contribution in [0.15, 0.2) is 18.2 Å². The molecule has 0 aliphatic rings. The molecule has 0 saturated heterocycles. The van der Waals surface area contributed by atoms with E-state index in [0.29, 0.717) is 11.2 Å². The Kier molecular flexibility index (Phi) is 2.47. The van der Waals surface area contributed by atoms with E-state index in [9.17, 15) is 4.39 Å². The van der Waals surface area contributed by atoms with Gasteiger partial charge in [0.05, 0.1) is 6.61 Å². The molecule has 0 unspecified atom stereocenters. The number of aromatic nitrogens is 2. The summed E-state index contributed by atoms with van der Waals surface area (Å²) in [6, 6.07) is 4.54. The van der Waals surface area contributed by atoms with Gasteiger partial charge in [0.15, 0.2) is 0 Å². The number of nitrogens with two attached hydrogens (primary N) is 1. The van der Waals surface area contributed by atoms with E-state index in [2.05, 4.69) is 9.97 Å². The third-order valence-electron chi connectivity index (χ3n) is 2.09. The van der Waals surface area contributed by atoms with Crippen LogP contribution in [0.2, 0.25) is 0 Å². The molecule has 3 N–H and O–H groups in total. The van der Waals surface area contributed by atoms with Crippen LogP contribution in [0.1, 0.15) is 5.82 Å². The Hall–Kier alpha value is -1.75. The van der Waals surface area contributed by atoms with Gasteiger partial charge in [-0.05, 0) is 12.1 Å². The molecule has 1 aromatic carbocycles. The number of aliphatic hydroxyl groups excluding tert-OH is 1. The summed E-state index contributed by atoms with van der Waals surface area (Å²) in [4.78, 5) is 7.97. The number of aliphatic hydroxyl groups is 1. The fraction of sp³-hybridized carbons (Fsp3) is 0.200. The van der Waals surface area contributed by atoms with Crippen molar-refractivity contribution in [2.24, 2.45) is 0 Å². The predicted octanol–water partition coefficient (Wildman–Crippen LogP) is 0.886. The molecule has 0 radical (unpaired) electrons. The van der Waals surface area contributed by atoms with Gasteiger partial charge in [0.25, 0.3) is 0 Å². The summed E-state index contributed by atoms with van der Waals surface area (Å²) in [6.07, 6.45) is 0.272. The summed E-state index contributed by atoms with van der Waals surface area (Å²) in [5.41, 5.74) is 5.86. The van der Waals surface area contributed by atoms with Crippen LogP contribution in [0.25, 0.3) is 10.9 Å². The Morgan fingerprint density at radius 1 is 1.33 bits per heavy atom. The van der Waals surface area contributed by atoms with Crippen molar-refractivity contribution in [2.45, 2.75) is 6.42 Å². The van der Waals surface area contributed by atoms with Gasteiger partial charge in [0, 0.05) is 11.8 Å². The highest BCUT2D eigenvalue weighted by Gasteiger charge is 2.08. The lowest BCUT2D eigenvalue weighted by Gasteiger charge is -2.04. The molecule has 1 aromatic heterocycles. The van der Waals surface area contributed by atoms with Gasteiger partial charge in [-0.1, -0.05) is 6.07 Å². The third-order valence-corrected chi connectivity index (χ3v) is 2.09. The normalized spacial score (nSPS) is 10.8. The van der Waals surface area contributed by atoms with E-state index in [1.807, 2.05) is 0 Å². The molecule has 0 aliphatic carbocycles. The number of nitrogens with zero attached hydrogens (tertiary/aromatic N) is 2. The molecule has 15 heavy (non-hydrogen) atoms. The molecule has 78 valence electrons. The van der Waals surface area contributed by atoms with Crippen LogP contribution in [0.3, 0.4) is 0 Å². The topological polar surface area (TPSA) is 72.0 Å². The highest BCUT2D eigenvalue weighted by Crippen LogP contribution is 2.20. The van der Waals surface area contributed by atoms with Crippen LogP contribution in [0.5, 0.6) is 0 Å². The second-order valence-corrected chi connectivity index (χ2v) is 3.13. The zero-order valence-corrected chi connectivity index (χ0v) is 7.94. The van der Waals surface area contributed by atoms with Gasteiger partial charge in [-0.15, -0.1) is 0 Å². The Balaban J connectivity index is 2.68. The largest absolute Gasteiger partial charge is 0.396 e. The van der Waals surface area contributed by atoms with Gasteiger partial charge < -0.3 is 10.8 Å². The van der Waals surface area contributed by atoms with E-state index in [-0.39, 0.29) is 24.4 Å². The van der Waals surface area contributed by atoms with Crippen LogP contribution >= 0.6 is 0 Å². The number of halogens is 1. The first-order valence-corrected chi connectivity index (χ1v) is 4.54. The second-order valence-electron chi connectivity index (χ2n) is 3.13. The average molecular weight is 207 g/mol. The zero-order valence-electron chi connectivity index (χ0n) is 7.94. The van der Waals surface area contributed by atoms with Crippen molar-refractivity contribution in [3.63, 3.8) is 0 Å². The SMILES string of the molecule is Nc1nc(CCO)nc2c(F)cccc12. The number of fused-ring (bicyclic) bond motifs is 1. The molecule has 0 saturated carbocycles.